The molecule has 0 bridgehead atoms. The fraction of sp³-hybridized carbons (Fsp3) is 0.700. The summed E-state index contributed by atoms with van der Waals surface area (Å²) in [4.78, 5) is 2.50. The third-order valence-corrected chi connectivity index (χ3v) is 3.75. The van der Waals surface area contributed by atoms with Gasteiger partial charge in [0.2, 0.25) is 0 Å². The second kappa shape index (κ2) is 15.6. The van der Waals surface area contributed by atoms with Crippen molar-refractivity contribution in [3.63, 3.8) is 0 Å². The minimum Gasteiger partial charge on any atom is -0.299 e. The Kier molecular flexibility index (Phi) is 16.6. The van der Waals surface area contributed by atoms with Crippen LogP contribution in [0.25, 0.3) is 0 Å². The zero-order chi connectivity index (χ0) is 16.7. The van der Waals surface area contributed by atoms with Crippen molar-refractivity contribution in [1.29, 1.82) is 0 Å². The lowest BCUT2D eigenvalue weighted by Crippen LogP contribution is -2.35. The minimum absolute atomic E-state index is 0.768. The SMILES string of the molecule is C=C/C=C(\C=C/C)CN(C)C1CCC(C)CC1.CC.CC. The van der Waals surface area contributed by atoms with Crippen LogP contribution in [0.15, 0.2) is 36.5 Å². The van der Waals surface area contributed by atoms with Gasteiger partial charge in [0.15, 0.2) is 0 Å². The Bertz CT molecular complexity index is 280. The van der Waals surface area contributed by atoms with E-state index in [1.165, 1.54) is 31.3 Å². The van der Waals surface area contributed by atoms with Crippen molar-refractivity contribution in [3.8, 4) is 0 Å². The molecule has 0 amide bonds. The molecule has 0 aromatic heterocycles. The van der Waals surface area contributed by atoms with Gasteiger partial charge in [-0.15, -0.1) is 0 Å². The van der Waals surface area contributed by atoms with Crippen LogP contribution in [0.3, 0.4) is 0 Å². The van der Waals surface area contributed by atoms with Gasteiger partial charge in [-0.25, -0.2) is 0 Å². The Morgan fingerprint density at radius 1 is 1.10 bits per heavy atom. The second-order valence-corrected chi connectivity index (χ2v) is 5.31. The molecule has 0 aliphatic heterocycles. The van der Waals surface area contributed by atoms with E-state index in [2.05, 4.69) is 50.6 Å². The summed E-state index contributed by atoms with van der Waals surface area (Å²) in [5.74, 6) is 0.929. The third kappa shape index (κ3) is 10.5. The molecule has 0 spiro atoms. The van der Waals surface area contributed by atoms with E-state index < -0.39 is 0 Å². The van der Waals surface area contributed by atoms with Gasteiger partial charge in [-0.05, 0) is 51.1 Å². The number of nitrogens with zero attached hydrogens (tertiary/aromatic N) is 1. The van der Waals surface area contributed by atoms with Crippen LogP contribution in [0.4, 0.5) is 0 Å². The van der Waals surface area contributed by atoms with Gasteiger partial charge in [-0.1, -0.05) is 65.5 Å². The maximum absolute atomic E-state index is 3.78. The summed E-state index contributed by atoms with van der Waals surface area (Å²) in [7, 11) is 2.25. The molecular weight excluding hydrogens is 254 g/mol. The van der Waals surface area contributed by atoms with E-state index in [-0.39, 0.29) is 0 Å². The monoisotopic (exact) mass is 293 g/mol. The molecule has 0 atom stereocenters. The highest BCUT2D eigenvalue weighted by molar-refractivity contribution is 5.24. The molecule has 1 aliphatic carbocycles. The van der Waals surface area contributed by atoms with Crippen LogP contribution in [-0.4, -0.2) is 24.5 Å². The van der Waals surface area contributed by atoms with Gasteiger partial charge in [0.1, 0.15) is 0 Å². The van der Waals surface area contributed by atoms with Crippen LogP contribution < -0.4 is 0 Å². The van der Waals surface area contributed by atoms with Gasteiger partial charge in [-0.3, -0.25) is 4.90 Å². The van der Waals surface area contributed by atoms with Crippen LogP contribution in [0.5, 0.6) is 0 Å². The Hall–Kier alpha value is -0.820. The van der Waals surface area contributed by atoms with Gasteiger partial charge in [-0.2, -0.15) is 0 Å². The van der Waals surface area contributed by atoms with Gasteiger partial charge in [0.05, 0.1) is 0 Å². The molecule has 1 rings (SSSR count). The van der Waals surface area contributed by atoms with Crippen molar-refractivity contribution in [2.45, 2.75) is 73.3 Å². The molecule has 0 aromatic rings. The molecular formula is C20H39N. The van der Waals surface area contributed by atoms with Crippen molar-refractivity contribution in [2.75, 3.05) is 13.6 Å². The maximum atomic E-state index is 3.78. The molecule has 0 aromatic carbocycles. The topological polar surface area (TPSA) is 3.24 Å². The van der Waals surface area contributed by atoms with Crippen molar-refractivity contribution < 1.29 is 0 Å². The van der Waals surface area contributed by atoms with E-state index in [9.17, 15) is 0 Å². The first-order valence-corrected chi connectivity index (χ1v) is 8.82. The zero-order valence-corrected chi connectivity index (χ0v) is 15.7. The fourth-order valence-electron chi connectivity index (χ4n) is 2.63. The summed E-state index contributed by atoms with van der Waals surface area (Å²) in [5.41, 5.74) is 1.35. The van der Waals surface area contributed by atoms with E-state index in [1.54, 1.807) is 0 Å². The van der Waals surface area contributed by atoms with Crippen LogP contribution in [0, 0.1) is 5.92 Å². The molecule has 0 saturated heterocycles. The summed E-state index contributed by atoms with van der Waals surface area (Å²) < 4.78 is 0. The molecule has 1 fully saturated rings. The predicted octanol–water partition coefficient (Wildman–Crippen LogP) is 6.24. The number of allylic oxidation sites excluding steroid dienone is 3. The van der Waals surface area contributed by atoms with Crippen molar-refractivity contribution in [2.24, 2.45) is 5.92 Å². The largest absolute Gasteiger partial charge is 0.299 e. The van der Waals surface area contributed by atoms with Gasteiger partial charge >= 0.3 is 0 Å². The molecule has 1 aliphatic rings. The number of hydrogen-bond acceptors (Lipinski definition) is 1. The molecule has 1 nitrogen and oxygen atoms in total. The highest BCUT2D eigenvalue weighted by Crippen LogP contribution is 2.26. The Morgan fingerprint density at radius 2 is 1.62 bits per heavy atom. The number of hydrogen-bond donors (Lipinski definition) is 0. The summed E-state index contributed by atoms with van der Waals surface area (Å²) in [5, 5.41) is 0. The summed E-state index contributed by atoms with van der Waals surface area (Å²) in [6.07, 6.45) is 13.8. The smallest absolute Gasteiger partial charge is 0.0233 e. The van der Waals surface area contributed by atoms with Gasteiger partial charge < -0.3 is 0 Å². The average molecular weight is 294 g/mol. The molecule has 0 heterocycles. The number of rotatable bonds is 5. The Morgan fingerprint density at radius 3 is 2.05 bits per heavy atom. The molecule has 1 saturated carbocycles. The highest BCUT2D eigenvalue weighted by Gasteiger charge is 2.21. The number of likely N-dealkylation sites (N-methyl/N-ethyl adjacent to an activating group) is 1. The predicted molar refractivity (Wildman–Crippen MR) is 99.8 cm³/mol. The first-order chi connectivity index (χ1) is 10.2. The standard InChI is InChI=1S/C16H27N.2C2H6/c1-5-7-15(8-6-2)13-17(4)16-11-9-14(3)10-12-16;2*1-2/h5-8,14,16H,1,9-13H2,2-4H3;2*1-2H3/b8-6-,15-7+;;. The Balaban J connectivity index is 0. The van der Waals surface area contributed by atoms with Crippen LogP contribution in [0.2, 0.25) is 0 Å². The summed E-state index contributed by atoms with van der Waals surface area (Å²) in [6.45, 7) is 17.3. The lowest BCUT2D eigenvalue weighted by atomic mass is 9.86. The van der Waals surface area contributed by atoms with Crippen molar-refractivity contribution in [1.82, 2.24) is 4.90 Å². The van der Waals surface area contributed by atoms with Crippen LogP contribution in [0.1, 0.15) is 67.2 Å². The van der Waals surface area contributed by atoms with Crippen molar-refractivity contribution >= 4 is 0 Å². The maximum Gasteiger partial charge on any atom is 0.0233 e. The normalized spacial score (nSPS) is 22.2. The minimum atomic E-state index is 0.768. The molecule has 21 heavy (non-hydrogen) atoms. The molecule has 1 heteroatoms. The van der Waals surface area contributed by atoms with E-state index in [0.29, 0.717) is 0 Å². The second-order valence-electron chi connectivity index (χ2n) is 5.31. The quantitative estimate of drug-likeness (QED) is 0.542. The molecule has 124 valence electrons. The van der Waals surface area contributed by atoms with Gasteiger partial charge in [0, 0.05) is 12.6 Å². The molecule has 0 N–H and O–H groups in total. The third-order valence-electron chi connectivity index (χ3n) is 3.75. The highest BCUT2D eigenvalue weighted by atomic mass is 15.1. The zero-order valence-electron chi connectivity index (χ0n) is 15.7. The Labute approximate surface area is 134 Å². The van der Waals surface area contributed by atoms with E-state index in [4.69, 9.17) is 0 Å². The fourth-order valence-corrected chi connectivity index (χ4v) is 2.63. The average Bonchev–Trinajstić information content (AvgIpc) is 2.52. The lowest BCUT2D eigenvalue weighted by Gasteiger charge is -2.33. The lowest BCUT2D eigenvalue weighted by molar-refractivity contribution is 0.182. The van der Waals surface area contributed by atoms with Gasteiger partial charge in [0.25, 0.3) is 0 Å². The first kappa shape index (κ1) is 22.5. The van der Waals surface area contributed by atoms with Crippen LogP contribution >= 0.6 is 0 Å². The molecule has 0 radical (unpaired) electrons. The first-order valence-electron chi connectivity index (χ1n) is 8.82. The summed E-state index contributed by atoms with van der Waals surface area (Å²) >= 11 is 0. The van der Waals surface area contributed by atoms with E-state index in [0.717, 1.165) is 18.5 Å². The summed E-state index contributed by atoms with van der Waals surface area (Å²) in [6, 6.07) is 0.768. The van der Waals surface area contributed by atoms with E-state index >= 15 is 0 Å². The van der Waals surface area contributed by atoms with E-state index in [1.807, 2.05) is 33.8 Å². The van der Waals surface area contributed by atoms with Crippen molar-refractivity contribution in [3.05, 3.63) is 36.5 Å². The molecule has 0 unspecified atom stereocenters. The van der Waals surface area contributed by atoms with Crippen LogP contribution in [-0.2, 0) is 0 Å².